The van der Waals surface area contributed by atoms with Crippen molar-refractivity contribution in [2.45, 2.75) is 77.8 Å². The molecule has 1 aliphatic heterocycles. The highest BCUT2D eigenvalue weighted by molar-refractivity contribution is 7.91. The van der Waals surface area contributed by atoms with Crippen LogP contribution < -0.4 is 10.1 Å². The maximum atomic E-state index is 12.4. The third-order valence-electron chi connectivity index (χ3n) is 5.09. The standard InChI is InChI=1S/C19H31NO3S/c1-7-9-18(24(21,22)8-2)20-17-12-15-10-13(3)14(4)11-16(15)23-19(17,5)6/h10-11,17-18,20H,7-9,12H2,1-6H3. The Hall–Kier alpha value is -1.07. The zero-order valence-corrected chi connectivity index (χ0v) is 16.6. The van der Waals surface area contributed by atoms with Gasteiger partial charge < -0.3 is 4.74 Å². The van der Waals surface area contributed by atoms with Crippen LogP contribution in [0.3, 0.4) is 0 Å². The molecule has 1 aromatic carbocycles. The number of hydrogen-bond donors (Lipinski definition) is 1. The summed E-state index contributed by atoms with van der Waals surface area (Å²) in [5.74, 6) is 1.08. The van der Waals surface area contributed by atoms with Crippen molar-refractivity contribution in [1.29, 1.82) is 0 Å². The maximum absolute atomic E-state index is 12.4. The van der Waals surface area contributed by atoms with E-state index in [1.165, 1.54) is 11.1 Å². The van der Waals surface area contributed by atoms with Crippen LogP contribution in [-0.2, 0) is 16.3 Å². The van der Waals surface area contributed by atoms with Gasteiger partial charge in [-0.2, -0.15) is 0 Å². The highest BCUT2D eigenvalue weighted by atomic mass is 32.2. The Kier molecular flexibility index (Phi) is 5.65. The summed E-state index contributed by atoms with van der Waals surface area (Å²) in [5, 5.41) is 2.89. The Morgan fingerprint density at radius 1 is 1.25 bits per heavy atom. The highest BCUT2D eigenvalue weighted by Crippen LogP contribution is 2.35. The lowest BCUT2D eigenvalue weighted by Crippen LogP contribution is -2.58. The second-order valence-electron chi connectivity index (χ2n) is 7.40. The zero-order chi connectivity index (χ0) is 18.1. The first-order chi connectivity index (χ1) is 11.1. The lowest BCUT2D eigenvalue weighted by Gasteiger charge is -2.42. The molecule has 24 heavy (non-hydrogen) atoms. The summed E-state index contributed by atoms with van der Waals surface area (Å²) in [6, 6.07) is 4.22. The fraction of sp³-hybridized carbons (Fsp3) is 0.684. The van der Waals surface area contributed by atoms with E-state index < -0.39 is 20.8 Å². The molecule has 0 aromatic heterocycles. The van der Waals surface area contributed by atoms with Crippen LogP contribution in [0.15, 0.2) is 12.1 Å². The van der Waals surface area contributed by atoms with Crippen molar-refractivity contribution in [1.82, 2.24) is 5.32 Å². The topological polar surface area (TPSA) is 55.4 Å². The van der Waals surface area contributed by atoms with E-state index in [2.05, 4.69) is 31.3 Å². The van der Waals surface area contributed by atoms with Crippen molar-refractivity contribution < 1.29 is 13.2 Å². The van der Waals surface area contributed by atoms with Crippen LogP contribution in [-0.4, -0.2) is 31.2 Å². The highest BCUT2D eigenvalue weighted by Gasteiger charge is 2.39. The number of rotatable bonds is 6. The predicted molar refractivity (Wildman–Crippen MR) is 99.4 cm³/mol. The minimum Gasteiger partial charge on any atom is -0.486 e. The summed E-state index contributed by atoms with van der Waals surface area (Å²) in [6.45, 7) is 12.0. The Labute approximate surface area is 146 Å². The van der Waals surface area contributed by atoms with E-state index in [0.29, 0.717) is 6.42 Å². The van der Waals surface area contributed by atoms with Crippen LogP contribution in [0.1, 0.15) is 57.2 Å². The molecule has 1 aliphatic rings. The molecule has 0 radical (unpaired) electrons. The van der Waals surface area contributed by atoms with Gasteiger partial charge in [0, 0.05) is 5.75 Å². The Morgan fingerprint density at radius 3 is 2.46 bits per heavy atom. The molecule has 2 unspecified atom stereocenters. The van der Waals surface area contributed by atoms with E-state index in [4.69, 9.17) is 4.74 Å². The first kappa shape index (κ1) is 19.3. The zero-order valence-electron chi connectivity index (χ0n) is 15.8. The van der Waals surface area contributed by atoms with Gasteiger partial charge >= 0.3 is 0 Å². The lowest BCUT2D eigenvalue weighted by molar-refractivity contribution is 0.0464. The Bertz CT molecular complexity index is 695. The number of sulfone groups is 1. The van der Waals surface area contributed by atoms with Crippen molar-refractivity contribution in [3.63, 3.8) is 0 Å². The molecule has 1 N–H and O–H groups in total. The number of nitrogens with one attached hydrogen (secondary N) is 1. The first-order valence-corrected chi connectivity index (χ1v) is 10.6. The molecule has 0 spiro atoms. The number of hydrogen-bond acceptors (Lipinski definition) is 4. The van der Waals surface area contributed by atoms with Gasteiger partial charge in [0.1, 0.15) is 16.7 Å². The molecule has 0 saturated carbocycles. The molecule has 2 rings (SSSR count). The number of benzene rings is 1. The number of aryl methyl sites for hydroxylation is 2. The van der Waals surface area contributed by atoms with Crippen LogP contribution in [0.25, 0.3) is 0 Å². The Morgan fingerprint density at radius 2 is 1.88 bits per heavy atom. The summed E-state index contributed by atoms with van der Waals surface area (Å²) in [7, 11) is -3.13. The molecule has 5 heteroatoms. The summed E-state index contributed by atoms with van der Waals surface area (Å²) in [4.78, 5) is 0. The van der Waals surface area contributed by atoms with E-state index >= 15 is 0 Å². The average molecular weight is 354 g/mol. The fourth-order valence-corrected chi connectivity index (χ4v) is 4.61. The fourth-order valence-electron chi connectivity index (χ4n) is 3.24. The molecule has 0 amide bonds. The molecule has 0 aliphatic carbocycles. The normalized spacial score (nSPS) is 21.0. The van der Waals surface area contributed by atoms with Gasteiger partial charge in [-0.3, -0.25) is 5.32 Å². The molecular formula is C19H31NO3S. The number of fused-ring (bicyclic) bond motifs is 1. The van der Waals surface area contributed by atoms with Gasteiger partial charge in [-0.05, 0) is 63.3 Å². The van der Waals surface area contributed by atoms with Crippen molar-refractivity contribution >= 4 is 9.84 Å². The summed E-state index contributed by atoms with van der Waals surface area (Å²) < 4.78 is 31.1. The summed E-state index contributed by atoms with van der Waals surface area (Å²) >= 11 is 0. The molecule has 0 bridgehead atoms. The van der Waals surface area contributed by atoms with E-state index in [1.54, 1.807) is 6.92 Å². The number of ether oxygens (including phenoxy) is 1. The minimum absolute atomic E-state index is 0.0371. The molecule has 2 atom stereocenters. The maximum Gasteiger partial charge on any atom is 0.165 e. The molecule has 1 aromatic rings. The SMILES string of the molecule is CCCC(NC1Cc2cc(C)c(C)cc2OC1(C)C)S(=O)(=O)CC. The summed E-state index contributed by atoms with van der Waals surface area (Å²) in [5.41, 5.74) is 3.15. The van der Waals surface area contributed by atoms with Crippen molar-refractivity contribution in [3.8, 4) is 5.75 Å². The van der Waals surface area contributed by atoms with Crippen molar-refractivity contribution in [2.24, 2.45) is 0 Å². The van der Waals surface area contributed by atoms with Gasteiger partial charge in [0.05, 0.1) is 6.04 Å². The van der Waals surface area contributed by atoms with Crippen LogP contribution in [0.5, 0.6) is 5.75 Å². The van der Waals surface area contributed by atoms with Crippen molar-refractivity contribution in [3.05, 3.63) is 28.8 Å². The molecule has 1 heterocycles. The van der Waals surface area contributed by atoms with Crippen LogP contribution in [0.2, 0.25) is 0 Å². The predicted octanol–water partition coefficient (Wildman–Crippen LogP) is 3.54. The Balaban J connectivity index is 2.30. The minimum atomic E-state index is -3.13. The quantitative estimate of drug-likeness (QED) is 0.850. The lowest BCUT2D eigenvalue weighted by atomic mass is 9.87. The second kappa shape index (κ2) is 7.04. The third-order valence-corrected chi connectivity index (χ3v) is 7.13. The van der Waals surface area contributed by atoms with Crippen LogP contribution in [0.4, 0.5) is 0 Å². The first-order valence-electron chi connectivity index (χ1n) is 8.87. The van der Waals surface area contributed by atoms with Gasteiger partial charge in [-0.25, -0.2) is 8.42 Å². The van der Waals surface area contributed by atoms with Crippen molar-refractivity contribution in [2.75, 3.05) is 5.75 Å². The van der Waals surface area contributed by atoms with E-state index in [-0.39, 0.29) is 11.8 Å². The van der Waals surface area contributed by atoms with Crippen LogP contribution >= 0.6 is 0 Å². The van der Waals surface area contributed by atoms with Gasteiger partial charge in [-0.15, -0.1) is 0 Å². The summed E-state index contributed by atoms with van der Waals surface area (Å²) in [6.07, 6.45) is 2.24. The van der Waals surface area contributed by atoms with Gasteiger partial charge in [-0.1, -0.05) is 26.3 Å². The molecule has 4 nitrogen and oxygen atoms in total. The van der Waals surface area contributed by atoms with E-state index in [0.717, 1.165) is 24.2 Å². The molecule has 136 valence electrons. The largest absolute Gasteiger partial charge is 0.486 e. The molecular weight excluding hydrogens is 322 g/mol. The van der Waals surface area contributed by atoms with Gasteiger partial charge in [0.2, 0.25) is 0 Å². The monoisotopic (exact) mass is 353 g/mol. The second-order valence-corrected chi connectivity index (χ2v) is 9.87. The van der Waals surface area contributed by atoms with E-state index in [1.807, 2.05) is 20.8 Å². The third kappa shape index (κ3) is 3.94. The van der Waals surface area contributed by atoms with Gasteiger partial charge in [0.25, 0.3) is 0 Å². The smallest absolute Gasteiger partial charge is 0.165 e. The van der Waals surface area contributed by atoms with Gasteiger partial charge in [0.15, 0.2) is 9.84 Å². The van der Waals surface area contributed by atoms with Crippen LogP contribution in [0, 0.1) is 13.8 Å². The molecule has 0 saturated heterocycles. The average Bonchev–Trinajstić information content (AvgIpc) is 2.49. The molecule has 0 fully saturated rings. The van der Waals surface area contributed by atoms with E-state index in [9.17, 15) is 8.42 Å².